The molecule has 0 bridgehead atoms. The summed E-state index contributed by atoms with van der Waals surface area (Å²) in [6, 6.07) is 15.8. The number of rotatable bonds is 6. The lowest BCUT2D eigenvalue weighted by Crippen LogP contribution is -2.61. The van der Waals surface area contributed by atoms with Gasteiger partial charge in [0.1, 0.15) is 6.61 Å². The molecule has 5 rings (SSSR count). The lowest BCUT2D eigenvalue weighted by molar-refractivity contribution is -0.149. The third kappa shape index (κ3) is 4.05. The molecule has 0 spiro atoms. The zero-order valence-electron chi connectivity index (χ0n) is 19.7. The first kappa shape index (κ1) is 23.4. The molecular weight excluding hydrogens is 448 g/mol. The van der Waals surface area contributed by atoms with Gasteiger partial charge in [-0.05, 0) is 42.0 Å². The molecule has 2 amide bonds. The molecule has 1 aliphatic heterocycles. The minimum atomic E-state index is -1.42. The van der Waals surface area contributed by atoms with Crippen LogP contribution in [0, 0.1) is 5.41 Å². The van der Waals surface area contributed by atoms with Crippen molar-refractivity contribution < 1.29 is 29.0 Å². The van der Waals surface area contributed by atoms with E-state index in [1.165, 1.54) is 0 Å². The van der Waals surface area contributed by atoms with Gasteiger partial charge in [0.25, 0.3) is 0 Å². The predicted octanol–water partition coefficient (Wildman–Crippen LogP) is 3.44. The minimum Gasteiger partial charge on any atom is -0.479 e. The van der Waals surface area contributed by atoms with E-state index in [1.54, 1.807) is 6.92 Å². The Bertz CT molecular complexity index is 1110. The largest absolute Gasteiger partial charge is 0.479 e. The smallest absolute Gasteiger partial charge is 0.407 e. The van der Waals surface area contributed by atoms with Gasteiger partial charge in [0, 0.05) is 25.0 Å². The van der Waals surface area contributed by atoms with Gasteiger partial charge < -0.3 is 25.2 Å². The Kier molecular flexibility index (Phi) is 6.01. The molecule has 184 valence electrons. The molecule has 8 heteroatoms. The number of amides is 2. The van der Waals surface area contributed by atoms with Gasteiger partial charge in [-0.2, -0.15) is 0 Å². The van der Waals surface area contributed by atoms with E-state index in [2.05, 4.69) is 34.9 Å². The van der Waals surface area contributed by atoms with Crippen LogP contribution in [0.5, 0.6) is 0 Å². The van der Waals surface area contributed by atoms with Crippen molar-refractivity contribution >= 4 is 18.0 Å². The number of carbonyl (C=O) groups is 3. The maximum absolute atomic E-state index is 13.2. The fourth-order valence-electron chi connectivity index (χ4n) is 5.70. The van der Waals surface area contributed by atoms with E-state index in [1.807, 2.05) is 24.3 Å². The van der Waals surface area contributed by atoms with E-state index in [4.69, 9.17) is 9.47 Å². The number of fused-ring (bicyclic) bond motifs is 3. The van der Waals surface area contributed by atoms with E-state index in [0.29, 0.717) is 12.8 Å². The van der Waals surface area contributed by atoms with Crippen LogP contribution in [0.3, 0.4) is 0 Å². The summed E-state index contributed by atoms with van der Waals surface area (Å²) in [5.74, 6) is -1.54. The Morgan fingerprint density at radius 1 is 1.06 bits per heavy atom. The van der Waals surface area contributed by atoms with Crippen LogP contribution in [-0.2, 0) is 19.1 Å². The lowest BCUT2D eigenvalue weighted by atomic mass is 9.82. The van der Waals surface area contributed by atoms with Crippen LogP contribution in [0.4, 0.5) is 4.79 Å². The van der Waals surface area contributed by atoms with Crippen LogP contribution >= 0.6 is 0 Å². The second-order valence-corrected chi connectivity index (χ2v) is 9.98. The SMILES string of the molecule is CC1(C(=O)NC2(C(=O)O)CCOC2)CCCC1NC(=O)OCC1c2ccccc2-c2ccccc21. The fraction of sp³-hybridized carbons (Fsp3) is 0.444. The van der Waals surface area contributed by atoms with E-state index >= 15 is 0 Å². The summed E-state index contributed by atoms with van der Waals surface area (Å²) in [6.45, 7) is 2.18. The van der Waals surface area contributed by atoms with Crippen molar-refractivity contribution in [1.29, 1.82) is 0 Å². The van der Waals surface area contributed by atoms with Gasteiger partial charge in [0.05, 0.1) is 12.0 Å². The number of alkyl carbamates (subject to hydrolysis) is 1. The van der Waals surface area contributed by atoms with Crippen LogP contribution in [0.25, 0.3) is 11.1 Å². The van der Waals surface area contributed by atoms with Gasteiger partial charge in [-0.3, -0.25) is 4.79 Å². The molecule has 2 aromatic rings. The molecule has 2 aliphatic carbocycles. The van der Waals surface area contributed by atoms with E-state index in [9.17, 15) is 19.5 Å². The number of aliphatic carboxylic acids is 1. The summed E-state index contributed by atoms with van der Waals surface area (Å²) < 4.78 is 10.9. The van der Waals surface area contributed by atoms with Gasteiger partial charge in [-0.1, -0.05) is 55.0 Å². The second kappa shape index (κ2) is 9.00. The molecule has 2 aromatic carbocycles. The van der Waals surface area contributed by atoms with Crippen LogP contribution in [0.2, 0.25) is 0 Å². The van der Waals surface area contributed by atoms with Crippen molar-refractivity contribution in [1.82, 2.24) is 10.6 Å². The van der Waals surface area contributed by atoms with Gasteiger partial charge in [-0.15, -0.1) is 0 Å². The maximum atomic E-state index is 13.2. The monoisotopic (exact) mass is 478 g/mol. The lowest BCUT2D eigenvalue weighted by Gasteiger charge is -2.34. The van der Waals surface area contributed by atoms with Crippen molar-refractivity contribution in [2.24, 2.45) is 5.41 Å². The highest BCUT2D eigenvalue weighted by Crippen LogP contribution is 2.44. The average Bonchev–Trinajstić information content (AvgIpc) is 3.55. The summed E-state index contributed by atoms with van der Waals surface area (Å²) in [6.07, 6.45) is 1.55. The highest BCUT2D eigenvalue weighted by Gasteiger charge is 2.51. The molecule has 2 fully saturated rings. The second-order valence-electron chi connectivity index (χ2n) is 9.98. The van der Waals surface area contributed by atoms with Crippen LogP contribution < -0.4 is 10.6 Å². The highest BCUT2D eigenvalue weighted by atomic mass is 16.5. The summed E-state index contributed by atoms with van der Waals surface area (Å²) in [5, 5.41) is 15.3. The molecule has 0 radical (unpaired) electrons. The predicted molar refractivity (Wildman–Crippen MR) is 128 cm³/mol. The molecule has 1 saturated carbocycles. The first-order valence-corrected chi connectivity index (χ1v) is 12.1. The van der Waals surface area contributed by atoms with Gasteiger partial charge in [-0.25, -0.2) is 9.59 Å². The number of benzene rings is 2. The van der Waals surface area contributed by atoms with E-state index in [-0.39, 0.29) is 38.1 Å². The first-order chi connectivity index (χ1) is 16.8. The molecular formula is C27H30N2O6. The number of carboxylic acids is 1. The van der Waals surface area contributed by atoms with Gasteiger partial charge in [0.15, 0.2) is 5.54 Å². The highest BCUT2D eigenvalue weighted by molar-refractivity contribution is 5.91. The molecule has 3 aliphatic rings. The topological polar surface area (TPSA) is 114 Å². The van der Waals surface area contributed by atoms with Gasteiger partial charge >= 0.3 is 12.1 Å². The van der Waals surface area contributed by atoms with E-state index in [0.717, 1.165) is 28.7 Å². The summed E-state index contributed by atoms with van der Waals surface area (Å²) >= 11 is 0. The Balaban J connectivity index is 1.25. The quantitative estimate of drug-likeness (QED) is 0.586. The number of ether oxygens (including phenoxy) is 2. The Labute approximate surface area is 204 Å². The molecule has 8 nitrogen and oxygen atoms in total. The fourth-order valence-corrected chi connectivity index (χ4v) is 5.70. The summed E-state index contributed by atoms with van der Waals surface area (Å²) in [7, 11) is 0. The molecule has 35 heavy (non-hydrogen) atoms. The van der Waals surface area contributed by atoms with Crippen molar-refractivity contribution in [3.05, 3.63) is 59.7 Å². The molecule has 3 N–H and O–H groups in total. The number of carbonyl (C=O) groups excluding carboxylic acids is 2. The molecule has 3 atom stereocenters. The van der Waals surface area contributed by atoms with Crippen LogP contribution in [-0.4, -0.2) is 54.5 Å². The summed E-state index contributed by atoms with van der Waals surface area (Å²) in [5.41, 5.74) is 2.21. The third-order valence-electron chi connectivity index (χ3n) is 7.90. The van der Waals surface area contributed by atoms with Gasteiger partial charge in [0.2, 0.25) is 5.91 Å². The van der Waals surface area contributed by atoms with Crippen LogP contribution in [0.1, 0.15) is 49.7 Å². The maximum Gasteiger partial charge on any atom is 0.407 e. The number of hydrogen-bond donors (Lipinski definition) is 3. The van der Waals surface area contributed by atoms with Crippen molar-refractivity contribution in [2.75, 3.05) is 19.8 Å². The van der Waals surface area contributed by atoms with Crippen LogP contribution in [0.15, 0.2) is 48.5 Å². The molecule has 3 unspecified atom stereocenters. The Hall–Kier alpha value is -3.39. The minimum absolute atomic E-state index is 0.0517. The van der Waals surface area contributed by atoms with E-state index < -0.39 is 29.1 Å². The molecule has 0 aromatic heterocycles. The number of hydrogen-bond acceptors (Lipinski definition) is 5. The molecule has 1 saturated heterocycles. The first-order valence-electron chi connectivity index (χ1n) is 12.1. The van der Waals surface area contributed by atoms with Crippen molar-refractivity contribution in [3.63, 3.8) is 0 Å². The molecule has 1 heterocycles. The Morgan fingerprint density at radius 2 is 1.71 bits per heavy atom. The third-order valence-corrected chi connectivity index (χ3v) is 7.90. The zero-order chi connectivity index (χ0) is 24.6. The average molecular weight is 479 g/mol. The number of nitrogens with one attached hydrogen (secondary N) is 2. The van der Waals surface area contributed by atoms with Crippen molar-refractivity contribution in [2.45, 2.75) is 50.1 Å². The Morgan fingerprint density at radius 3 is 2.31 bits per heavy atom. The normalized spacial score (nSPS) is 27.2. The van der Waals surface area contributed by atoms with Crippen molar-refractivity contribution in [3.8, 4) is 11.1 Å². The number of carboxylic acid groups (broad SMARTS) is 1. The summed E-state index contributed by atoms with van der Waals surface area (Å²) in [4.78, 5) is 37.9. The standard InChI is InChI=1S/C27H30N2O6/c1-26(23(30)29-27(24(31)32)13-14-34-16-27)12-6-11-22(26)28-25(33)35-15-21-19-9-4-2-7-17(19)18-8-3-5-10-20(18)21/h2-5,7-10,21-22H,6,11-16H2,1H3,(H,28,33)(H,29,30)(H,31,32). The zero-order valence-corrected chi connectivity index (χ0v) is 19.7.